The predicted octanol–water partition coefficient (Wildman–Crippen LogP) is 23.2. The van der Waals surface area contributed by atoms with Gasteiger partial charge in [0.05, 0.1) is 0 Å². The van der Waals surface area contributed by atoms with E-state index < -0.39 is 6.10 Å². The molecule has 0 saturated carbocycles. The summed E-state index contributed by atoms with van der Waals surface area (Å²) < 4.78 is 16.9. The number of rotatable bonds is 61. The largest absolute Gasteiger partial charge is 0.462 e. The minimum absolute atomic E-state index is 0.0905. The van der Waals surface area contributed by atoms with Crippen LogP contribution in [-0.4, -0.2) is 37.2 Å². The van der Waals surface area contributed by atoms with Gasteiger partial charge in [0, 0.05) is 19.3 Å². The third-order valence-corrected chi connectivity index (χ3v) is 14.6. The molecule has 1 atom stereocenters. The van der Waals surface area contributed by atoms with Crippen LogP contribution in [0.1, 0.15) is 329 Å². The van der Waals surface area contributed by atoms with Gasteiger partial charge >= 0.3 is 17.9 Å². The zero-order chi connectivity index (χ0) is 57.1. The van der Waals surface area contributed by atoms with E-state index in [2.05, 4.69) is 118 Å². The molecule has 79 heavy (non-hydrogen) atoms. The Bertz CT molecular complexity index is 1540. The fraction of sp³-hybridized carbons (Fsp3) is 0.740. The summed E-state index contributed by atoms with van der Waals surface area (Å²) in [5.74, 6) is -0.919. The number of hydrogen-bond donors (Lipinski definition) is 0. The zero-order valence-electron chi connectivity index (χ0n) is 52.1. The van der Waals surface area contributed by atoms with E-state index in [4.69, 9.17) is 14.2 Å². The molecule has 0 radical (unpaired) electrons. The van der Waals surface area contributed by atoms with Crippen molar-refractivity contribution in [2.45, 2.75) is 335 Å². The van der Waals surface area contributed by atoms with Gasteiger partial charge in [-0.05, 0) is 103 Å². The highest BCUT2D eigenvalue weighted by Gasteiger charge is 2.19. The Labute approximate surface area is 489 Å². The van der Waals surface area contributed by atoms with Gasteiger partial charge in [-0.1, -0.05) is 304 Å². The fourth-order valence-electron chi connectivity index (χ4n) is 9.54. The Morgan fingerprint density at radius 3 is 0.823 bits per heavy atom. The molecule has 0 aliphatic carbocycles. The van der Waals surface area contributed by atoms with E-state index in [1.54, 1.807) is 0 Å². The van der Waals surface area contributed by atoms with Crippen molar-refractivity contribution in [2.24, 2.45) is 0 Å². The molecular formula is C73H126O6. The highest BCUT2D eigenvalue weighted by molar-refractivity contribution is 5.71. The molecule has 0 aromatic carbocycles. The Morgan fingerprint density at radius 1 is 0.266 bits per heavy atom. The van der Waals surface area contributed by atoms with E-state index in [1.165, 1.54) is 173 Å². The van der Waals surface area contributed by atoms with Crippen LogP contribution in [-0.2, 0) is 28.6 Å². The number of unbranched alkanes of at least 4 members (excludes halogenated alkanes) is 34. The Balaban J connectivity index is 4.34. The van der Waals surface area contributed by atoms with Crippen molar-refractivity contribution in [1.82, 2.24) is 0 Å². The highest BCUT2D eigenvalue weighted by Crippen LogP contribution is 2.17. The zero-order valence-corrected chi connectivity index (χ0v) is 52.1. The lowest BCUT2D eigenvalue weighted by atomic mass is 10.0. The first-order valence-electron chi connectivity index (χ1n) is 33.7. The smallest absolute Gasteiger partial charge is 0.306 e. The molecule has 0 bridgehead atoms. The summed E-state index contributed by atoms with van der Waals surface area (Å²) in [7, 11) is 0. The van der Waals surface area contributed by atoms with E-state index in [0.717, 1.165) is 116 Å². The van der Waals surface area contributed by atoms with Gasteiger partial charge < -0.3 is 14.2 Å². The number of carbonyl (C=O) groups is 3. The number of carbonyl (C=O) groups excluding carboxylic acids is 3. The summed E-state index contributed by atoms with van der Waals surface area (Å²) >= 11 is 0. The number of hydrogen-bond acceptors (Lipinski definition) is 6. The third-order valence-electron chi connectivity index (χ3n) is 14.6. The van der Waals surface area contributed by atoms with Gasteiger partial charge in [0.15, 0.2) is 6.10 Å². The van der Waals surface area contributed by atoms with Crippen LogP contribution >= 0.6 is 0 Å². The second kappa shape index (κ2) is 66.8. The molecule has 0 heterocycles. The minimum atomic E-state index is -0.795. The second-order valence-corrected chi connectivity index (χ2v) is 22.4. The summed E-state index contributed by atoms with van der Waals surface area (Å²) in [6, 6.07) is 0. The SMILES string of the molecule is CC/C=C\C/C=C\C/C=C\C/C=C\C/C=C\C/C=C\C/C=C\CCCCCC(=O)OCC(COC(=O)CCCCCCC/C=C\CCCCC)OC(=O)CCCCCCCCCCCCCCCCCCCCCCCCCC. The lowest BCUT2D eigenvalue weighted by molar-refractivity contribution is -0.167. The number of ether oxygens (including phenoxy) is 3. The van der Waals surface area contributed by atoms with E-state index in [0.29, 0.717) is 19.3 Å². The van der Waals surface area contributed by atoms with Crippen LogP contribution in [0.4, 0.5) is 0 Å². The molecule has 0 aromatic rings. The van der Waals surface area contributed by atoms with Crippen LogP contribution in [0.5, 0.6) is 0 Å². The lowest BCUT2D eigenvalue weighted by Crippen LogP contribution is -2.30. The number of allylic oxidation sites excluding steroid dienone is 16. The van der Waals surface area contributed by atoms with Gasteiger partial charge in [-0.2, -0.15) is 0 Å². The molecule has 0 aliphatic rings. The van der Waals surface area contributed by atoms with Gasteiger partial charge in [-0.3, -0.25) is 14.4 Å². The maximum Gasteiger partial charge on any atom is 0.306 e. The molecule has 0 N–H and O–H groups in total. The third kappa shape index (κ3) is 65.0. The summed E-state index contributed by atoms with van der Waals surface area (Å²) in [6.45, 7) is 6.51. The van der Waals surface area contributed by atoms with Crippen LogP contribution in [0.3, 0.4) is 0 Å². The first kappa shape index (κ1) is 75.3. The molecule has 0 spiro atoms. The molecule has 6 nitrogen and oxygen atoms in total. The molecule has 0 aliphatic heterocycles. The van der Waals surface area contributed by atoms with Crippen molar-refractivity contribution in [3.8, 4) is 0 Å². The molecule has 0 rings (SSSR count). The van der Waals surface area contributed by atoms with Crippen molar-refractivity contribution in [3.05, 3.63) is 97.2 Å². The van der Waals surface area contributed by atoms with Crippen molar-refractivity contribution < 1.29 is 28.6 Å². The predicted molar refractivity (Wildman–Crippen MR) is 344 cm³/mol. The lowest BCUT2D eigenvalue weighted by Gasteiger charge is -2.18. The van der Waals surface area contributed by atoms with Crippen molar-refractivity contribution in [1.29, 1.82) is 0 Å². The Hall–Kier alpha value is -3.67. The normalized spacial score (nSPS) is 12.7. The van der Waals surface area contributed by atoms with Crippen molar-refractivity contribution in [2.75, 3.05) is 13.2 Å². The summed E-state index contributed by atoms with van der Waals surface area (Å²) in [5, 5.41) is 0. The minimum Gasteiger partial charge on any atom is -0.462 e. The van der Waals surface area contributed by atoms with E-state index in [9.17, 15) is 14.4 Å². The maximum absolute atomic E-state index is 12.9. The summed E-state index contributed by atoms with van der Waals surface area (Å²) in [5.41, 5.74) is 0. The van der Waals surface area contributed by atoms with Gasteiger partial charge in [0.25, 0.3) is 0 Å². The molecule has 6 heteroatoms. The van der Waals surface area contributed by atoms with E-state index in [1.807, 2.05) is 0 Å². The first-order chi connectivity index (χ1) is 39.0. The summed E-state index contributed by atoms with van der Waals surface area (Å²) in [4.78, 5) is 38.3. The van der Waals surface area contributed by atoms with E-state index in [-0.39, 0.29) is 31.1 Å². The van der Waals surface area contributed by atoms with Gasteiger partial charge in [-0.15, -0.1) is 0 Å². The highest BCUT2D eigenvalue weighted by atomic mass is 16.6. The second-order valence-electron chi connectivity index (χ2n) is 22.4. The van der Waals surface area contributed by atoms with Crippen molar-refractivity contribution in [3.63, 3.8) is 0 Å². The maximum atomic E-state index is 12.9. The van der Waals surface area contributed by atoms with Gasteiger partial charge in [-0.25, -0.2) is 0 Å². The van der Waals surface area contributed by atoms with Crippen LogP contribution in [0.15, 0.2) is 97.2 Å². The van der Waals surface area contributed by atoms with E-state index >= 15 is 0 Å². The monoisotopic (exact) mass is 1100 g/mol. The standard InChI is InChI=1S/C73H126O6/c1-4-7-10-13-16-19-22-25-27-29-31-33-35-37-39-40-42-44-46-48-51-54-57-60-63-66-72(75)78-69-70(68-77-71(74)65-62-59-56-53-50-24-21-18-15-12-9-6-3)79-73(76)67-64-61-58-55-52-49-47-45-43-41-38-36-34-32-30-28-26-23-20-17-14-11-8-5-2/h7,10,16,18-19,21,25,27,31,33,37,39,42,44,48,51,70H,4-6,8-9,11-15,17,20,22-24,26,28-30,32,34-36,38,40-41,43,45-47,49-50,52-69H2,1-3H3/b10-7-,19-16-,21-18-,27-25-,33-31-,39-37-,44-42-,51-48-. The Morgan fingerprint density at radius 2 is 0.494 bits per heavy atom. The molecule has 454 valence electrons. The summed E-state index contributed by atoms with van der Waals surface area (Å²) in [6.07, 6.45) is 90.0. The molecule has 1 unspecified atom stereocenters. The number of esters is 3. The topological polar surface area (TPSA) is 78.9 Å². The molecule has 0 aromatic heterocycles. The first-order valence-corrected chi connectivity index (χ1v) is 33.7. The van der Waals surface area contributed by atoms with Gasteiger partial charge in [0.1, 0.15) is 13.2 Å². The Kier molecular flexibility index (Phi) is 63.7. The van der Waals surface area contributed by atoms with Crippen molar-refractivity contribution >= 4 is 17.9 Å². The van der Waals surface area contributed by atoms with Gasteiger partial charge in [0.2, 0.25) is 0 Å². The molecule has 0 fully saturated rings. The molecule has 0 saturated heterocycles. The molecule has 0 amide bonds. The van der Waals surface area contributed by atoms with Crippen LogP contribution in [0.25, 0.3) is 0 Å². The fourth-order valence-corrected chi connectivity index (χ4v) is 9.54. The van der Waals surface area contributed by atoms with Crippen LogP contribution in [0.2, 0.25) is 0 Å². The van der Waals surface area contributed by atoms with Crippen LogP contribution in [0, 0.1) is 0 Å². The average Bonchev–Trinajstić information content (AvgIpc) is 3.45. The average molecular weight is 1100 g/mol. The van der Waals surface area contributed by atoms with Crippen LogP contribution < -0.4 is 0 Å². The molecular weight excluding hydrogens is 973 g/mol. The quantitative estimate of drug-likeness (QED) is 0.0261.